The number of fused-ring (bicyclic) bond motifs is 1. The van der Waals surface area contributed by atoms with Gasteiger partial charge in [-0.1, -0.05) is 0 Å². The van der Waals surface area contributed by atoms with E-state index >= 15 is 0 Å². The first kappa shape index (κ1) is 13.0. The molecule has 0 aliphatic heterocycles. The highest BCUT2D eigenvalue weighted by atomic mass is 16.6. The maximum Gasteiger partial charge on any atom is 0.360 e. The number of hydrogen-bond acceptors (Lipinski definition) is 5. The summed E-state index contributed by atoms with van der Waals surface area (Å²) in [6, 6.07) is 1.97. The number of rotatable bonds is 4. The molecule has 1 aromatic heterocycles. The van der Waals surface area contributed by atoms with Crippen LogP contribution < -0.4 is 5.23 Å². The molecular formula is C11H16BN3O3. The van der Waals surface area contributed by atoms with Gasteiger partial charge >= 0.3 is 7.62 Å². The number of aromatic nitrogens is 1. The number of nitrogens with one attached hydrogen (secondary N) is 1. The zero-order valence-corrected chi connectivity index (χ0v) is 10.6. The van der Waals surface area contributed by atoms with Crippen molar-refractivity contribution >= 4 is 13.3 Å². The van der Waals surface area contributed by atoms with Crippen molar-refractivity contribution in [1.82, 2.24) is 10.2 Å². The normalized spacial score (nSPS) is 18.2. The van der Waals surface area contributed by atoms with Gasteiger partial charge in [-0.05, 0) is 31.7 Å². The van der Waals surface area contributed by atoms with E-state index in [1.165, 1.54) is 0 Å². The topological polar surface area (TPSA) is 77.3 Å². The van der Waals surface area contributed by atoms with Crippen molar-refractivity contribution in [2.45, 2.75) is 32.2 Å². The van der Waals surface area contributed by atoms with Crippen molar-refractivity contribution in [3.8, 4) is 0 Å². The Morgan fingerprint density at radius 2 is 2.44 bits per heavy atom. The van der Waals surface area contributed by atoms with Gasteiger partial charge in [0.05, 0.1) is 4.92 Å². The van der Waals surface area contributed by atoms with Gasteiger partial charge in [0.15, 0.2) is 0 Å². The molecule has 96 valence electrons. The zero-order valence-electron chi connectivity index (χ0n) is 10.6. The molecular weight excluding hydrogens is 233 g/mol. The van der Waals surface area contributed by atoms with E-state index in [0.717, 1.165) is 30.5 Å². The smallest absolute Gasteiger partial charge is 0.360 e. The molecule has 2 rings (SSSR count). The Balaban J connectivity index is 2.20. The minimum absolute atomic E-state index is 0.112. The number of hydrogen-bond donors (Lipinski definition) is 1. The highest BCUT2D eigenvalue weighted by Gasteiger charge is 2.23. The highest BCUT2D eigenvalue weighted by Crippen LogP contribution is 2.26. The maximum atomic E-state index is 10.9. The third kappa shape index (κ3) is 2.68. The lowest BCUT2D eigenvalue weighted by molar-refractivity contribution is -0.385. The van der Waals surface area contributed by atoms with Crippen LogP contribution in [0.15, 0.2) is 6.07 Å². The minimum atomic E-state index is -0.366. The van der Waals surface area contributed by atoms with Crippen molar-refractivity contribution in [3.05, 3.63) is 33.1 Å². The number of nitrogens with zero attached hydrogens (tertiary/aromatic N) is 2. The van der Waals surface area contributed by atoms with Crippen molar-refractivity contribution < 1.29 is 9.58 Å². The van der Waals surface area contributed by atoms with E-state index in [9.17, 15) is 10.1 Å². The van der Waals surface area contributed by atoms with E-state index in [4.69, 9.17) is 4.65 Å². The van der Waals surface area contributed by atoms with Crippen LogP contribution in [0, 0.1) is 17.0 Å². The van der Waals surface area contributed by atoms with Gasteiger partial charge in [-0.3, -0.25) is 15.1 Å². The minimum Gasteiger partial charge on any atom is -0.427 e. The largest absolute Gasteiger partial charge is 0.427 e. The van der Waals surface area contributed by atoms with Gasteiger partial charge in [-0.15, -0.1) is 0 Å². The monoisotopic (exact) mass is 249 g/mol. The SMILES string of the molecule is COBNC1CCc2nc(C)c([N+](=O)[O-])cc2C1. The molecule has 0 radical (unpaired) electrons. The van der Waals surface area contributed by atoms with Crippen LogP contribution in [-0.2, 0) is 17.5 Å². The lowest BCUT2D eigenvalue weighted by Gasteiger charge is -2.24. The van der Waals surface area contributed by atoms with E-state index in [2.05, 4.69) is 10.2 Å². The standard InChI is InChI=1S/C11H16BN3O3/c1-7-11(15(16)17)6-8-5-9(14-12-18-2)3-4-10(8)13-7/h6,9,12,14H,3-5H2,1-2H3. The van der Waals surface area contributed by atoms with Crippen molar-refractivity contribution in [2.75, 3.05) is 7.11 Å². The Bertz CT molecular complexity index is 467. The van der Waals surface area contributed by atoms with Crippen LogP contribution in [0.1, 0.15) is 23.4 Å². The molecule has 0 aromatic carbocycles. The molecule has 6 nitrogen and oxygen atoms in total. The molecule has 0 saturated heterocycles. The van der Waals surface area contributed by atoms with E-state index in [1.807, 2.05) is 0 Å². The summed E-state index contributed by atoms with van der Waals surface area (Å²) in [5, 5.41) is 14.1. The summed E-state index contributed by atoms with van der Waals surface area (Å²) in [6.07, 6.45) is 2.61. The van der Waals surface area contributed by atoms with Crippen molar-refractivity contribution in [3.63, 3.8) is 0 Å². The van der Waals surface area contributed by atoms with Crippen LogP contribution in [0.4, 0.5) is 5.69 Å². The van der Waals surface area contributed by atoms with Crippen LogP contribution in [0.3, 0.4) is 0 Å². The molecule has 0 saturated carbocycles. The first-order valence-electron chi connectivity index (χ1n) is 5.98. The van der Waals surface area contributed by atoms with Crippen LogP contribution in [0.5, 0.6) is 0 Å². The molecule has 1 atom stereocenters. The lowest BCUT2D eigenvalue weighted by atomic mass is 9.90. The second-order valence-electron chi connectivity index (χ2n) is 4.53. The molecule has 0 amide bonds. The number of nitro groups is 1. The van der Waals surface area contributed by atoms with Gasteiger partial charge in [0.2, 0.25) is 0 Å². The summed E-state index contributed by atoms with van der Waals surface area (Å²) in [7, 11) is 2.14. The Kier molecular flexibility index (Phi) is 3.93. The van der Waals surface area contributed by atoms with Gasteiger partial charge in [0.25, 0.3) is 5.69 Å². The summed E-state index contributed by atoms with van der Waals surface area (Å²) >= 11 is 0. The van der Waals surface area contributed by atoms with Gasteiger partial charge in [-0.2, -0.15) is 0 Å². The molecule has 1 aliphatic rings. The predicted octanol–water partition coefficient (Wildman–Crippen LogP) is 0.658. The summed E-state index contributed by atoms with van der Waals surface area (Å²) in [5.74, 6) is 0. The van der Waals surface area contributed by atoms with Crippen LogP contribution in [0.2, 0.25) is 0 Å². The third-order valence-corrected chi connectivity index (χ3v) is 3.26. The third-order valence-electron chi connectivity index (χ3n) is 3.26. The van der Waals surface area contributed by atoms with Crippen LogP contribution in [-0.4, -0.2) is 30.7 Å². The molecule has 0 spiro atoms. The maximum absolute atomic E-state index is 10.9. The second kappa shape index (κ2) is 5.45. The first-order chi connectivity index (χ1) is 8.61. The van der Waals surface area contributed by atoms with E-state index in [-0.39, 0.29) is 10.6 Å². The van der Waals surface area contributed by atoms with Gasteiger partial charge < -0.3 is 9.88 Å². The summed E-state index contributed by atoms with van der Waals surface area (Å²) in [6.45, 7) is 1.69. The fourth-order valence-corrected chi connectivity index (χ4v) is 2.32. The van der Waals surface area contributed by atoms with E-state index in [1.54, 1.807) is 20.1 Å². The average Bonchev–Trinajstić information content (AvgIpc) is 2.35. The van der Waals surface area contributed by atoms with E-state index < -0.39 is 0 Å². The van der Waals surface area contributed by atoms with Gasteiger partial charge in [-0.25, -0.2) is 0 Å². The van der Waals surface area contributed by atoms with Gasteiger partial charge in [0, 0.05) is 24.9 Å². The average molecular weight is 249 g/mol. The number of pyridine rings is 1. The van der Waals surface area contributed by atoms with E-state index in [0.29, 0.717) is 19.4 Å². The molecule has 0 bridgehead atoms. The van der Waals surface area contributed by atoms with Crippen molar-refractivity contribution in [1.29, 1.82) is 0 Å². The van der Waals surface area contributed by atoms with Crippen LogP contribution in [0.25, 0.3) is 0 Å². The second-order valence-corrected chi connectivity index (χ2v) is 4.53. The predicted molar refractivity (Wildman–Crippen MR) is 68.7 cm³/mol. The summed E-state index contributed by atoms with van der Waals surface area (Å²) in [5.41, 5.74) is 2.59. The Hall–Kier alpha value is -1.47. The Morgan fingerprint density at radius 1 is 1.67 bits per heavy atom. The Morgan fingerprint density at radius 3 is 3.11 bits per heavy atom. The highest BCUT2D eigenvalue weighted by molar-refractivity contribution is 6.23. The fourth-order valence-electron chi connectivity index (χ4n) is 2.32. The van der Waals surface area contributed by atoms with Crippen LogP contribution >= 0.6 is 0 Å². The Labute approximate surface area is 106 Å². The molecule has 1 heterocycles. The zero-order chi connectivity index (χ0) is 13.1. The molecule has 1 aromatic rings. The molecule has 1 aliphatic carbocycles. The number of aryl methyl sites for hydroxylation is 2. The van der Waals surface area contributed by atoms with Crippen molar-refractivity contribution in [2.24, 2.45) is 0 Å². The quantitative estimate of drug-likeness (QED) is 0.481. The molecule has 1 unspecified atom stereocenters. The fraction of sp³-hybridized carbons (Fsp3) is 0.545. The molecule has 18 heavy (non-hydrogen) atoms. The lowest BCUT2D eigenvalue weighted by Crippen LogP contribution is -2.38. The molecule has 1 N–H and O–H groups in total. The summed E-state index contributed by atoms with van der Waals surface area (Å²) in [4.78, 5) is 14.9. The van der Waals surface area contributed by atoms with Gasteiger partial charge in [0.1, 0.15) is 5.69 Å². The molecule has 0 fully saturated rings. The first-order valence-corrected chi connectivity index (χ1v) is 5.98. The molecule has 7 heteroatoms. The summed E-state index contributed by atoms with van der Waals surface area (Å²) < 4.78 is 4.98.